The van der Waals surface area contributed by atoms with Crippen LogP contribution in [0.15, 0.2) is 18.2 Å². The lowest BCUT2D eigenvalue weighted by Gasteiger charge is -2.25. The second-order valence-corrected chi connectivity index (χ2v) is 4.11. The van der Waals surface area contributed by atoms with Crippen molar-refractivity contribution in [1.82, 2.24) is 0 Å². The zero-order chi connectivity index (χ0) is 10.7. The van der Waals surface area contributed by atoms with Gasteiger partial charge in [-0.2, -0.15) is 0 Å². The van der Waals surface area contributed by atoms with Gasteiger partial charge >= 0.3 is 0 Å². The lowest BCUT2D eigenvalue weighted by molar-refractivity contribution is 0.180. The summed E-state index contributed by atoms with van der Waals surface area (Å²) in [4.78, 5) is 0. The van der Waals surface area contributed by atoms with Gasteiger partial charge in [0.05, 0.1) is 6.61 Å². The molecule has 0 aliphatic heterocycles. The number of ether oxygens (including phenoxy) is 1. The third kappa shape index (κ3) is 2.69. The molecule has 0 radical (unpaired) electrons. The Morgan fingerprint density at radius 3 is 2.73 bits per heavy atom. The Bertz CT molecular complexity index is 336. The largest absolute Gasteiger partial charge is 0.493 e. The van der Waals surface area contributed by atoms with Gasteiger partial charge in [0.2, 0.25) is 0 Å². The molecule has 1 saturated carbocycles. The summed E-state index contributed by atoms with van der Waals surface area (Å²) in [5.41, 5.74) is 6.24. The van der Waals surface area contributed by atoms with E-state index in [-0.39, 0.29) is 5.82 Å². The second kappa shape index (κ2) is 4.62. The maximum absolute atomic E-state index is 13.1. The molecule has 0 spiro atoms. The average molecular weight is 209 g/mol. The van der Waals surface area contributed by atoms with Crippen molar-refractivity contribution in [2.45, 2.75) is 25.8 Å². The molecule has 0 aromatic heterocycles. The van der Waals surface area contributed by atoms with Crippen molar-refractivity contribution in [1.29, 1.82) is 0 Å². The van der Waals surface area contributed by atoms with Gasteiger partial charge in [-0.25, -0.2) is 4.39 Å². The average Bonchev–Trinajstić information content (AvgIpc) is 2.14. The van der Waals surface area contributed by atoms with Gasteiger partial charge in [0, 0.05) is 12.6 Å². The summed E-state index contributed by atoms with van der Waals surface area (Å²) >= 11 is 0. The van der Waals surface area contributed by atoms with E-state index in [0.717, 1.165) is 5.56 Å². The molecule has 0 bridgehead atoms. The monoisotopic (exact) mass is 209 g/mol. The normalized spacial score (nSPS) is 16.1. The first-order valence-corrected chi connectivity index (χ1v) is 5.40. The first-order chi connectivity index (χ1) is 7.28. The van der Waals surface area contributed by atoms with Crippen LogP contribution in [-0.4, -0.2) is 6.61 Å². The second-order valence-electron chi connectivity index (χ2n) is 4.11. The Kier molecular flexibility index (Phi) is 3.21. The van der Waals surface area contributed by atoms with Gasteiger partial charge in [-0.15, -0.1) is 0 Å². The van der Waals surface area contributed by atoms with Crippen LogP contribution in [0.4, 0.5) is 4.39 Å². The van der Waals surface area contributed by atoms with Gasteiger partial charge < -0.3 is 10.5 Å². The van der Waals surface area contributed by atoms with Crippen LogP contribution in [0.1, 0.15) is 24.8 Å². The molecule has 15 heavy (non-hydrogen) atoms. The van der Waals surface area contributed by atoms with E-state index in [4.69, 9.17) is 10.5 Å². The standard InChI is InChI=1S/C12H16FNO/c13-11-4-10(7-14)5-12(6-11)15-8-9-2-1-3-9/h4-6,9H,1-3,7-8,14H2. The van der Waals surface area contributed by atoms with Crippen LogP contribution in [0, 0.1) is 11.7 Å². The van der Waals surface area contributed by atoms with E-state index in [9.17, 15) is 4.39 Å². The Labute approximate surface area is 89.2 Å². The van der Waals surface area contributed by atoms with Gasteiger partial charge in [-0.1, -0.05) is 6.42 Å². The Balaban J connectivity index is 1.96. The molecule has 0 atom stereocenters. The van der Waals surface area contributed by atoms with Crippen LogP contribution in [0.5, 0.6) is 5.75 Å². The highest BCUT2D eigenvalue weighted by molar-refractivity contribution is 5.29. The number of rotatable bonds is 4. The van der Waals surface area contributed by atoms with E-state index < -0.39 is 0 Å². The van der Waals surface area contributed by atoms with Crippen LogP contribution in [-0.2, 0) is 6.54 Å². The van der Waals surface area contributed by atoms with Crippen molar-refractivity contribution in [3.8, 4) is 5.75 Å². The summed E-state index contributed by atoms with van der Waals surface area (Å²) < 4.78 is 18.6. The highest BCUT2D eigenvalue weighted by atomic mass is 19.1. The van der Waals surface area contributed by atoms with E-state index in [1.54, 1.807) is 0 Å². The van der Waals surface area contributed by atoms with Crippen molar-refractivity contribution in [3.63, 3.8) is 0 Å². The van der Waals surface area contributed by atoms with Gasteiger partial charge in [0.1, 0.15) is 11.6 Å². The quantitative estimate of drug-likeness (QED) is 0.826. The van der Waals surface area contributed by atoms with Crippen LogP contribution >= 0.6 is 0 Å². The first kappa shape index (κ1) is 10.4. The van der Waals surface area contributed by atoms with Crippen LogP contribution in [0.3, 0.4) is 0 Å². The van der Waals surface area contributed by atoms with Crippen molar-refractivity contribution in [2.75, 3.05) is 6.61 Å². The van der Waals surface area contributed by atoms with Crippen LogP contribution in [0.25, 0.3) is 0 Å². The van der Waals surface area contributed by atoms with Gasteiger partial charge in [-0.05, 0) is 36.5 Å². The summed E-state index contributed by atoms with van der Waals surface area (Å²) in [6.07, 6.45) is 3.77. The smallest absolute Gasteiger partial charge is 0.127 e. The zero-order valence-corrected chi connectivity index (χ0v) is 8.71. The first-order valence-electron chi connectivity index (χ1n) is 5.40. The highest BCUT2D eigenvalue weighted by Gasteiger charge is 2.17. The fraction of sp³-hybridized carbons (Fsp3) is 0.500. The molecule has 1 aromatic rings. The van der Waals surface area contributed by atoms with Gasteiger partial charge in [-0.3, -0.25) is 0 Å². The molecular weight excluding hydrogens is 193 g/mol. The molecule has 1 aromatic carbocycles. The molecule has 1 aliphatic carbocycles. The minimum atomic E-state index is -0.276. The highest BCUT2D eigenvalue weighted by Crippen LogP contribution is 2.27. The predicted octanol–water partition coefficient (Wildman–Crippen LogP) is 2.46. The summed E-state index contributed by atoms with van der Waals surface area (Å²) in [5, 5.41) is 0. The van der Waals surface area contributed by atoms with Crippen molar-refractivity contribution in [2.24, 2.45) is 11.7 Å². The summed E-state index contributed by atoms with van der Waals surface area (Å²) in [6, 6.07) is 4.66. The van der Waals surface area contributed by atoms with E-state index in [0.29, 0.717) is 24.8 Å². The molecular formula is C12H16FNO. The fourth-order valence-corrected chi connectivity index (χ4v) is 1.70. The molecule has 2 nitrogen and oxygen atoms in total. The van der Waals surface area contributed by atoms with Crippen LogP contribution < -0.4 is 10.5 Å². The lowest BCUT2D eigenvalue weighted by Crippen LogP contribution is -2.19. The molecule has 0 saturated heterocycles. The Morgan fingerprint density at radius 2 is 2.13 bits per heavy atom. The van der Waals surface area contributed by atoms with E-state index in [2.05, 4.69) is 0 Å². The third-order valence-electron chi connectivity index (χ3n) is 2.88. The summed E-state index contributed by atoms with van der Waals surface area (Å²) in [6.45, 7) is 1.05. The Morgan fingerprint density at radius 1 is 1.33 bits per heavy atom. The number of halogens is 1. The topological polar surface area (TPSA) is 35.2 Å². The molecule has 0 amide bonds. The van der Waals surface area contributed by atoms with Crippen LogP contribution in [0.2, 0.25) is 0 Å². The van der Waals surface area contributed by atoms with Gasteiger partial charge in [0.25, 0.3) is 0 Å². The van der Waals surface area contributed by atoms with Gasteiger partial charge in [0.15, 0.2) is 0 Å². The zero-order valence-electron chi connectivity index (χ0n) is 8.71. The van der Waals surface area contributed by atoms with Crippen molar-refractivity contribution in [3.05, 3.63) is 29.6 Å². The van der Waals surface area contributed by atoms with E-state index in [1.807, 2.05) is 6.07 Å². The number of benzene rings is 1. The number of hydrogen-bond acceptors (Lipinski definition) is 2. The maximum atomic E-state index is 13.1. The number of hydrogen-bond donors (Lipinski definition) is 1. The fourth-order valence-electron chi connectivity index (χ4n) is 1.70. The summed E-state index contributed by atoms with van der Waals surface area (Å²) in [5.74, 6) is 0.985. The molecule has 1 aliphatic rings. The molecule has 82 valence electrons. The SMILES string of the molecule is NCc1cc(F)cc(OCC2CCC2)c1. The third-order valence-corrected chi connectivity index (χ3v) is 2.88. The molecule has 2 N–H and O–H groups in total. The maximum Gasteiger partial charge on any atom is 0.127 e. The van der Waals surface area contributed by atoms with E-state index in [1.165, 1.54) is 31.4 Å². The predicted molar refractivity (Wildman–Crippen MR) is 57.1 cm³/mol. The van der Waals surface area contributed by atoms with Crippen molar-refractivity contribution < 1.29 is 9.13 Å². The van der Waals surface area contributed by atoms with E-state index >= 15 is 0 Å². The Hall–Kier alpha value is -1.09. The molecule has 3 heteroatoms. The number of nitrogens with two attached hydrogens (primary N) is 1. The molecule has 1 fully saturated rings. The molecule has 0 unspecified atom stereocenters. The summed E-state index contributed by atoms with van der Waals surface area (Å²) in [7, 11) is 0. The van der Waals surface area contributed by atoms with Crippen molar-refractivity contribution >= 4 is 0 Å². The molecule has 2 rings (SSSR count). The minimum Gasteiger partial charge on any atom is -0.493 e. The minimum absolute atomic E-state index is 0.276. The lowest BCUT2D eigenvalue weighted by atomic mass is 9.86. The molecule has 0 heterocycles.